The minimum Gasteiger partial charge on any atom is -0.313 e. The van der Waals surface area contributed by atoms with E-state index < -0.39 is 0 Å². The summed E-state index contributed by atoms with van der Waals surface area (Å²) in [5.41, 5.74) is 4.27. The molecule has 1 aromatic carbocycles. The first-order valence-corrected chi connectivity index (χ1v) is 10.6. The van der Waals surface area contributed by atoms with Gasteiger partial charge in [0.25, 0.3) is 0 Å². The van der Waals surface area contributed by atoms with E-state index in [4.69, 9.17) is 5.41 Å². The van der Waals surface area contributed by atoms with E-state index in [0.29, 0.717) is 12.0 Å². The zero-order chi connectivity index (χ0) is 21.9. The van der Waals surface area contributed by atoms with Crippen LogP contribution < -0.4 is 5.62 Å². The maximum atomic E-state index is 9.51. The predicted molar refractivity (Wildman–Crippen MR) is 127 cm³/mol. The smallest absolute Gasteiger partial charge is 0.202 e. The Morgan fingerprint density at radius 2 is 1.89 bits per heavy atom. The highest BCUT2D eigenvalue weighted by atomic mass is 79.9. The van der Waals surface area contributed by atoms with Gasteiger partial charge in [0.1, 0.15) is 6.29 Å². The van der Waals surface area contributed by atoms with E-state index in [9.17, 15) is 4.79 Å². The van der Waals surface area contributed by atoms with Gasteiger partial charge in [0.05, 0.1) is 11.0 Å². The summed E-state index contributed by atoms with van der Waals surface area (Å²) in [4.78, 5) is 11.3. The highest BCUT2D eigenvalue weighted by Gasteiger charge is 2.09. The van der Waals surface area contributed by atoms with Crippen molar-refractivity contribution in [2.45, 2.75) is 54.0 Å². The first-order chi connectivity index (χ1) is 13.5. The molecule has 1 heterocycles. The van der Waals surface area contributed by atoms with Gasteiger partial charge < -0.3 is 13.9 Å². The van der Waals surface area contributed by atoms with Gasteiger partial charge in [-0.2, -0.15) is 0 Å². The van der Waals surface area contributed by atoms with Crippen molar-refractivity contribution < 1.29 is 4.79 Å². The number of hydrogen-bond donors (Lipinski definition) is 1. The van der Waals surface area contributed by atoms with Crippen LogP contribution in [0.4, 0.5) is 0 Å². The Labute approximate surface area is 178 Å². The first-order valence-electron chi connectivity index (χ1n) is 9.68. The summed E-state index contributed by atoms with van der Waals surface area (Å²) >= 11 is 3.06. The van der Waals surface area contributed by atoms with Crippen molar-refractivity contribution in [3.05, 3.63) is 65.2 Å². The molecule has 0 aliphatic rings. The van der Waals surface area contributed by atoms with Crippen LogP contribution in [0.3, 0.4) is 0 Å². The fourth-order valence-corrected chi connectivity index (χ4v) is 2.61. The minimum atomic E-state index is 0.552. The molecule has 2 rings (SSSR count). The van der Waals surface area contributed by atoms with Crippen LogP contribution in [0.1, 0.15) is 46.6 Å². The molecule has 0 spiro atoms. The second kappa shape index (κ2) is 18.2. The van der Waals surface area contributed by atoms with Crippen molar-refractivity contribution in [2.24, 2.45) is 7.05 Å². The summed E-state index contributed by atoms with van der Waals surface area (Å²) in [6.07, 6.45) is 9.62. The molecule has 0 aliphatic heterocycles. The minimum absolute atomic E-state index is 0.552. The largest absolute Gasteiger partial charge is 0.313 e. The van der Waals surface area contributed by atoms with E-state index in [2.05, 4.69) is 59.1 Å². The number of nitrogens with zero attached hydrogens (tertiary/aromatic N) is 2. The molecule has 28 heavy (non-hydrogen) atoms. The molecule has 0 bridgehead atoms. The number of halogens is 1. The number of aryl methyl sites for hydroxylation is 3. The van der Waals surface area contributed by atoms with Crippen molar-refractivity contribution in [3.8, 4) is 0 Å². The van der Waals surface area contributed by atoms with Crippen LogP contribution in [0.15, 0.2) is 54.1 Å². The quantitative estimate of drug-likeness (QED) is 0.324. The molecule has 1 aromatic heterocycles. The van der Waals surface area contributed by atoms with E-state index in [-0.39, 0.29) is 0 Å². The Hall–Kier alpha value is -2.14. The van der Waals surface area contributed by atoms with Crippen LogP contribution in [0.2, 0.25) is 0 Å². The molecule has 0 aliphatic carbocycles. The number of benzene rings is 1. The van der Waals surface area contributed by atoms with Crippen molar-refractivity contribution in [2.75, 3.05) is 0 Å². The van der Waals surface area contributed by atoms with Crippen LogP contribution in [0, 0.1) is 5.41 Å². The summed E-state index contributed by atoms with van der Waals surface area (Å²) in [5, 5.41) is 8.02. The normalized spacial score (nSPS) is 9.82. The van der Waals surface area contributed by atoms with Gasteiger partial charge in [-0.3, -0.25) is 5.41 Å². The number of nitrogens with one attached hydrogen (secondary N) is 1. The molecular formula is C23H36BrN3O. The van der Waals surface area contributed by atoms with E-state index in [0.717, 1.165) is 24.8 Å². The third kappa shape index (κ3) is 9.18. The van der Waals surface area contributed by atoms with Gasteiger partial charge in [0, 0.05) is 20.0 Å². The molecule has 0 atom stereocenters. The molecule has 2 aromatic rings. The van der Waals surface area contributed by atoms with Gasteiger partial charge in [0.2, 0.25) is 5.62 Å². The monoisotopic (exact) mass is 449 g/mol. The Bertz CT molecular complexity index is 798. The molecule has 1 N–H and O–H groups in total. The van der Waals surface area contributed by atoms with Gasteiger partial charge in [-0.1, -0.05) is 79.7 Å². The van der Waals surface area contributed by atoms with Crippen molar-refractivity contribution in [1.29, 1.82) is 5.41 Å². The summed E-state index contributed by atoms with van der Waals surface area (Å²) in [5.74, 6) is 0. The Balaban J connectivity index is 0. The van der Waals surface area contributed by atoms with Crippen LogP contribution in [0.25, 0.3) is 11.0 Å². The zero-order valence-corrected chi connectivity index (χ0v) is 19.8. The van der Waals surface area contributed by atoms with Crippen LogP contribution >= 0.6 is 15.9 Å². The topological polar surface area (TPSA) is 50.8 Å². The second-order valence-electron chi connectivity index (χ2n) is 5.29. The first kappa shape index (κ1) is 28.1. The maximum Gasteiger partial charge on any atom is 0.202 e. The van der Waals surface area contributed by atoms with E-state index >= 15 is 0 Å². The van der Waals surface area contributed by atoms with Crippen LogP contribution in [-0.4, -0.2) is 15.4 Å². The summed E-state index contributed by atoms with van der Waals surface area (Å²) in [6, 6.07) is 6.30. The van der Waals surface area contributed by atoms with Gasteiger partial charge in [-0.15, -0.1) is 0 Å². The van der Waals surface area contributed by atoms with E-state index in [1.54, 1.807) is 17.1 Å². The van der Waals surface area contributed by atoms with Gasteiger partial charge in [0.15, 0.2) is 0 Å². The number of para-hydroxylation sites is 1. The van der Waals surface area contributed by atoms with Crippen LogP contribution in [0.5, 0.6) is 0 Å². The van der Waals surface area contributed by atoms with Gasteiger partial charge >= 0.3 is 0 Å². The van der Waals surface area contributed by atoms with Gasteiger partial charge in [-0.25, -0.2) is 0 Å². The Morgan fingerprint density at radius 1 is 1.25 bits per heavy atom. The lowest BCUT2D eigenvalue weighted by atomic mass is 10.1. The molecule has 0 amide bonds. The lowest BCUT2D eigenvalue weighted by Gasteiger charge is -2.03. The molecule has 0 unspecified atom stereocenters. The predicted octanol–water partition coefficient (Wildman–Crippen LogP) is 6.30. The van der Waals surface area contributed by atoms with Crippen LogP contribution in [-0.2, 0) is 24.8 Å². The highest BCUT2D eigenvalue weighted by molar-refractivity contribution is 9.11. The number of aldehydes is 1. The zero-order valence-electron chi connectivity index (χ0n) is 18.2. The maximum absolute atomic E-state index is 9.51. The highest BCUT2D eigenvalue weighted by Crippen LogP contribution is 2.17. The SMILES string of the molecule is C/C=C\CC=O.C=C/C=C/Br.CC.CCc1cccc2c1n(CC)c(=N)n2C. The summed E-state index contributed by atoms with van der Waals surface area (Å²) in [7, 11) is 1.95. The number of allylic oxidation sites excluding steroid dienone is 4. The number of aromatic nitrogens is 2. The van der Waals surface area contributed by atoms with E-state index in [1.807, 2.05) is 44.5 Å². The molecule has 0 fully saturated rings. The number of hydrogen-bond acceptors (Lipinski definition) is 2. The average molecular weight is 450 g/mol. The number of rotatable bonds is 5. The molecular weight excluding hydrogens is 414 g/mol. The fourth-order valence-electron chi connectivity index (χ4n) is 2.40. The van der Waals surface area contributed by atoms with Gasteiger partial charge in [-0.05, 0) is 36.9 Å². The lowest BCUT2D eigenvalue weighted by Crippen LogP contribution is -2.21. The number of carbonyl (C=O) groups excluding carboxylic acids is 1. The molecule has 0 radical (unpaired) electrons. The van der Waals surface area contributed by atoms with Crippen molar-refractivity contribution in [1.82, 2.24) is 9.13 Å². The molecule has 0 saturated heterocycles. The summed E-state index contributed by atoms with van der Waals surface area (Å²) in [6.45, 7) is 14.4. The Kier molecular flexibility index (Phi) is 18.3. The average Bonchev–Trinajstić information content (AvgIpc) is 2.99. The number of carbonyl (C=O) groups is 1. The van der Waals surface area contributed by atoms with Crippen molar-refractivity contribution in [3.63, 3.8) is 0 Å². The number of imidazole rings is 1. The molecule has 0 saturated carbocycles. The van der Waals surface area contributed by atoms with E-state index in [1.165, 1.54) is 11.1 Å². The van der Waals surface area contributed by atoms with Crippen molar-refractivity contribution >= 4 is 33.2 Å². The summed E-state index contributed by atoms with van der Waals surface area (Å²) < 4.78 is 4.01. The third-order valence-corrected chi connectivity index (χ3v) is 3.98. The second-order valence-corrected chi connectivity index (χ2v) is 5.82. The Morgan fingerprint density at radius 3 is 2.25 bits per heavy atom. The molecule has 156 valence electrons. The molecule has 4 nitrogen and oxygen atoms in total. The number of fused-ring (bicyclic) bond motifs is 1. The fraction of sp³-hybridized carbons (Fsp3) is 0.391. The standard InChI is InChI=1S/C12H17N3.C5H8O.C4H5Br.C2H6/c1-4-9-7-6-8-10-11(9)15(5-2)12(13)14(10)3;1-2-3-4-5-6;1-2-3-4-5;1-2/h6-8,13H,4-5H2,1-3H3;2-3,5H,4H2,1H3;2-4H,1H2;1-2H3/b;3-2-;4-3+;. The molecule has 5 heteroatoms. The lowest BCUT2D eigenvalue weighted by molar-refractivity contribution is -0.107. The third-order valence-electron chi connectivity index (χ3n) is 3.68.